The molecular weight excluding hydrogens is 202 g/mol. The van der Waals surface area contributed by atoms with Crippen LogP contribution in [-0.4, -0.2) is 42.8 Å². The highest BCUT2D eigenvalue weighted by molar-refractivity contribution is 7.89. The molecule has 1 rings (SSSR count). The third-order valence-electron chi connectivity index (χ3n) is 2.44. The van der Waals surface area contributed by atoms with Crippen molar-refractivity contribution < 1.29 is 13.5 Å². The Morgan fingerprint density at radius 3 is 2.64 bits per heavy atom. The monoisotopic (exact) mass is 221 g/mol. The standard InChI is InChI=1S/C9H19NO3S/c1-8(2)7-14(12,13)10-5-3-4-9(10)6-11/h8-9,11H,3-7H2,1-2H3. The van der Waals surface area contributed by atoms with Gasteiger partial charge in [0.2, 0.25) is 10.0 Å². The molecule has 1 heterocycles. The molecule has 84 valence electrons. The molecule has 0 spiro atoms. The highest BCUT2D eigenvalue weighted by Gasteiger charge is 2.33. The summed E-state index contributed by atoms with van der Waals surface area (Å²) in [5.41, 5.74) is 0. The van der Waals surface area contributed by atoms with Crippen molar-refractivity contribution in [3.8, 4) is 0 Å². The zero-order chi connectivity index (χ0) is 10.8. The van der Waals surface area contributed by atoms with Gasteiger partial charge in [-0.3, -0.25) is 0 Å². The second-order valence-electron chi connectivity index (χ2n) is 4.26. The Kier molecular flexibility index (Phi) is 3.92. The number of hydrogen-bond donors (Lipinski definition) is 1. The summed E-state index contributed by atoms with van der Waals surface area (Å²) in [6.45, 7) is 4.29. The van der Waals surface area contributed by atoms with Gasteiger partial charge in [0.1, 0.15) is 0 Å². The molecule has 1 aliphatic rings. The fraction of sp³-hybridized carbons (Fsp3) is 1.00. The lowest BCUT2D eigenvalue weighted by Crippen LogP contribution is -2.39. The number of aliphatic hydroxyl groups excluding tert-OH is 1. The van der Waals surface area contributed by atoms with Crippen LogP contribution >= 0.6 is 0 Å². The van der Waals surface area contributed by atoms with Crippen LogP contribution in [0.1, 0.15) is 26.7 Å². The molecule has 4 nitrogen and oxygen atoms in total. The van der Waals surface area contributed by atoms with Gasteiger partial charge in [-0.2, -0.15) is 4.31 Å². The predicted molar refractivity (Wildman–Crippen MR) is 55.4 cm³/mol. The molecule has 0 aromatic rings. The van der Waals surface area contributed by atoms with Gasteiger partial charge in [0.25, 0.3) is 0 Å². The van der Waals surface area contributed by atoms with Gasteiger partial charge in [-0.15, -0.1) is 0 Å². The molecule has 0 bridgehead atoms. The van der Waals surface area contributed by atoms with E-state index in [1.165, 1.54) is 4.31 Å². The first-order valence-corrected chi connectivity index (χ1v) is 6.68. The van der Waals surface area contributed by atoms with Gasteiger partial charge in [-0.05, 0) is 18.8 Å². The van der Waals surface area contributed by atoms with Crippen LogP contribution < -0.4 is 0 Å². The highest BCUT2D eigenvalue weighted by atomic mass is 32.2. The Hall–Kier alpha value is -0.130. The van der Waals surface area contributed by atoms with Crippen LogP contribution in [0, 0.1) is 5.92 Å². The molecule has 1 saturated heterocycles. The van der Waals surface area contributed by atoms with E-state index in [9.17, 15) is 8.42 Å². The van der Waals surface area contributed by atoms with Crippen LogP contribution in [0.3, 0.4) is 0 Å². The molecular formula is C9H19NO3S. The molecule has 0 aromatic carbocycles. The number of nitrogens with zero attached hydrogens (tertiary/aromatic N) is 1. The molecule has 0 radical (unpaired) electrons. The first kappa shape index (κ1) is 11.9. The van der Waals surface area contributed by atoms with E-state index in [1.807, 2.05) is 13.8 Å². The molecule has 5 heteroatoms. The molecule has 1 aliphatic heterocycles. The zero-order valence-corrected chi connectivity index (χ0v) is 9.63. The van der Waals surface area contributed by atoms with Crippen molar-refractivity contribution in [2.75, 3.05) is 18.9 Å². The molecule has 1 unspecified atom stereocenters. The first-order chi connectivity index (χ1) is 6.47. The van der Waals surface area contributed by atoms with Crippen LogP contribution in [0.4, 0.5) is 0 Å². The minimum Gasteiger partial charge on any atom is -0.395 e. The summed E-state index contributed by atoms with van der Waals surface area (Å²) in [6.07, 6.45) is 1.65. The average Bonchev–Trinajstić information content (AvgIpc) is 2.48. The summed E-state index contributed by atoms with van der Waals surface area (Å²) in [4.78, 5) is 0. The highest BCUT2D eigenvalue weighted by Crippen LogP contribution is 2.21. The van der Waals surface area contributed by atoms with Gasteiger partial charge in [0.15, 0.2) is 0 Å². The Morgan fingerprint density at radius 2 is 2.14 bits per heavy atom. The van der Waals surface area contributed by atoms with Crippen molar-refractivity contribution >= 4 is 10.0 Å². The minimum atomic E-state index is -3.15. The fourth-order valence-corrected chi connectivity index (χ4v) is 3.94. The normalized spacial score (nSPS) is 24.7. The summed E-state index contributed by atoms with van der Waals surface area (Å²) >= 11 is 0. The average molecular weight is 221 g/mol. The van der Waals surface area contributed by atoms with Crippen molar-refractivity contribution in [2.45, 2.75) is 32.7 Å². The Bertz CT molecular complexity index is 274. The molecule has 1 fully saturated rings. The lowest BCUT2D eigenvalue weighted by molar-refractivity contribution is 0.213. The third-order valence-corrected chi connectivity index (χ3v) is 4.72. The molecule has 1 N–H and O–H groups in total. The van der Waals surface area contributed by atoms with Crippen LogP contribution in [0.2, 0.25) is 0 Å². The largest absolute Gasteiger partial charge is 0.395 e. The van der Waals surface area contributed by atoms with Crippen molar-refractivity contribution in [1.29, 1.82) is 0 Å². The summed E-state index contributed by atoms with van der Waals surface area (Å²) in [6, 6.07) is -0.182. The van der Waals surface area contributed by atoms with Crippen LogP contribution in [0.5, 0.6) is 0 Å². The molecule has 0 aromatic heterocycles. The maximum Gasteiger partial charge on any atom is 0.214 e. The predicted octanol–water partition coefficient (Wildman–Crippen LogP) is 0.429. The van der Waals surface area contributed by atoms with Crippen LogP contribution in [0.15, 0.2) is 0 Å². The quantitative estimate of drug-likeness (QED) is 0.749. The maximum absolute atomic E-state index is 11.8. The lowest BCUT2D eigenvalue weighted by atomic mass is 10.2. The Morgan fingerprint density at radius 1 is 1.50 bits per heavy atom. The number of rotatable bonds is 4. The minimum absolute atomic E-state index is 0.0582. The van der Waals surface area contributed by atoms with E-state index in [0.717, 1.165) is 12.8 Å². The SMILES string of the molecule is CC(C)CS(=O)(=O)N1CCCC1CO. The summed E-state index contributed by atoms with van der Waals surface area (Å²) in [5.74, 6) is 0.323. The Labute approximate surface area is 86.0 Å². The van der Waals surface area contributed by atoms with Crippen molar-refractivity contribution in [3.05, 3.63) is 0 Å². The zero-order valence-electron chi connectivity index (χ0n) is 8.81. The molecule has 1 atom stereocenters. The van der Waals surface area contributed by atoms with Crippen molar-refractivity contribution in [1.82, 2.24) is 4.31 Å². The van der Waals surface area contributed by atoms with E-state index in [-0.39, 0.29) is 24.3 Å². The van der Waals surface area contributed by atoms with E-state index < -0.39 is 10.0 Å². The number of sulfonamides is 1. The first-order valence-electron chi connectivity index (χ1n) is 5.07. The van der Waals surface area contributed by atoms with E-state index in [1.54, 1.807) is 0 Å². The van der Waals surface area contributed by atoms with Crippen LogP contribution in [0.25, 0.3) is 0 Å². The Balaban J connectivity index is 2.71. The van der Waals surface area contributed by atoms with E-state index >= 15 is 0 Å². The summed E-state index contributed by atoms with van der Waals surface area (Å²) in [7, 11) is -3.15. The fourth-order valence-electron chi connectivity index (χ4n) is 1.87. The number of hydrogen-bond acceptors (Lipinski definition) is 3. The van der Waals surface area contributed by atoms with E-state index in [4.69, 9.17) is 5.11 Å². The summed E-state index contributed by atoms with van der Waals surface area (Å²) < 4.78 is 25.1. The molecule has 14 heavy (non-hydrogen) atoms. The van der Waals surface area contributed by atoms with Gasteiger partial charge < -0.3 is 5.11 Å². The van der Waals surface area contributed by atoms with Gasteiger partial charge in [0.05, 0.1) is 12.4 Å². The molecule has 0 saturated carbocycles. The van der Waals surface area contributed by atoms with Gasteiger partial charge in [0, 0.05) is 12.6 Å². The maximum atomic E-state index is 11.8. The van der Waals surface area contributed by atoms with Crippen LogP contribution in [-0.2, 0) is 10.0 Å². The lowest BCUT2D eigenvalue weighted by Gasteiger charge is -2.23. The van der Waals surface area contributed by atoms with Gasteiger partial charge in [-0.1, -0.05) is 13.8 Å². The van der Waals surface area contributed by atoms with Gasteiger partial charge >= 0.3 is 0 Å². The smallest absolute Gasteiger partial charge is 0.214 e. The van der Waals surface area contributed by atoms with Gasteiger partial charge in [-0.25, -0.2) is 8.42 Å². The van der Waals surface area contributed by atoms with E-state index in [2.05, 4.69) is 0 Å². The second kappa shape index (κ2) is 4.59. The second-order valence-corrected chi connectivity index (χ2v) is 6.23. The van der Waals surface area contributed by atoms with Crippen molar-refractivity contribution in [2.24, 2.45) is 5.92 Å². The van der Waals surface area contributed by atoms with E-state index in [0.29, 0.717) is 6.54 Å². The topological polar surface area (TPSA) is 57.6 Å². The molecule has 0 aliphatic carbocycles. The third kappa shape index (κ3) is 2.68. The molecule has 0 amide bonds. The number of aliphatic hydroxyl groups is 1. The van der Waals surface area contributed by atoms with Crippen molar-refractivity contribution in [3.63, 3.8) is 0 Å². The summed E-state index contributed by atoms with van der Waals surface area (Å²) in [5, 5.41) is 9.03.